The van der Waals surface area contributed by atoms with Gasteiger partial charge >= 0.3 is 11.8 Å². The first-order valence-corrected chi connectivity index (χ1v) is 7.78. The number of carbonyl (C=O) groups is 2. The Morgan fingerprint density at radius 1 is 1.00 bits per heavy atom. The number of aryl methyl sites for hydroxylation is 2. The van der Waals surface area contributed by atoms with Crippen molar-refractivity contribution in [2.24, 2.45) is 0 Å². The van der Waals surface area contributed by atoms with Crippen molar-refractivity contribution in [3.05, 3.63) is 29.3 Å². The SMILES string of the molecule is CCCCOCCCNC(=O)C(=O)Nc1cc(C)cc(C)c1. The van der Waals surface area contributed by atoms with Gasteiger partial charge in [0.05, 0.1) is 0 Å². The van der Waals surface area contributed by atoms with Crippen molar-refractivity contribution in [3.63, 3.8) is 0 Å². The zero-order valence-electron chi connectivity index (χ0n) is 13.7. The summed E-state index contributed by atoms with van der Waals surface area (Å²) < 4.78 is 5.39. The van der Waals surface area contributed by atoms with Crippen molar-refractivity contribution in [2.45, 2.75) is 40.0 Å². The largest absolute Gasteiger partial charge is 0.381 e. The summed E-state index contributed by atoms with van der Waals surface area (Å²) in [5.74, 6) is -1.26. The molecule has 0 radical (unpaired) electrons. The third-order valence-corrected chi connectivity index (χ3v) is 3.08. The van der Waals surface area contributed by atoms with Crippen molar-refractivity contribution < 1.29 is 14.3 Å². The summed E-state index contributed by atoms with van der Waals surface area (Å²) in [6, 6.07) is 5.67. The number of hydrogen-bond donors (Lipinski definition) is 2. The van der Waals surface area contributed by atoms with Crippen LogP contribution in [0.5, 0.6) is 0 Å². The minimum absolute atomic E-state index is 0.436. The lowest BCUT2D eigenvalue weighted by Crippen LogP contribution is -2.36. The Morgan fingerprint density at radius 3 is 2.27 bits per heavy atom. The number of hydrogen-bond acceptors (Lipinski definition) is 3. The molecular weight excluding hydrogens is 280 g/mol. The Morgan fingerprint density at radius 2 is 1.64 bits per heavy atom. The van der Waals surface area contributed by atoms with E-state index in [1.807, 2.05) is 32.0 Å². The van der Waals surface area contributed by atoms with Crippen LogP contribution in [0.1, 0.15) is 37.3 Å². The fourth-order valence-electron chi connectivity index (χ4n) is 2.04. The molecule has 0 heterocycles. The van der Waals surface area contributed by atoms with Crippen LogP contribution >= 0.6 is 0 Å². The highest BCUT2D eigenvalue weighted by Crippen LogP contribution is 2.13. The summed E-state index contributed by atoms with van der Waals surface area (Å²) in [7, 11) is 0. The van der Waals surface area contributed by atoms with Crippen LogP contribution in [0.2, 0.25) is 0 Å². The molecule has 0 saturated carbocycles. The van der Waals surface area contributed by atoms with Crippen LogP contribution in [-0.2, 0) is 14.3 Å². The molecule has 0 unspecified atom stereocenters. The van der Waals surface area contributed by atoms with E-state index in [0.29, 0.717) is 25.3 Å². The maximum Gasteiger partial charge on any atom is 0.313 e. The number of benzene rings is 1. The molecule has 1 rings (SSSR count). The first kappa shape index (κ1) is 18.2. The summed E-state index contributed by atoms with van der Waals surface area (Å²) >= 11 is 0. The van der Waals surface area contributed by atoms with Crippen molar-refractivity contribution in [1.82, 2.24) is 5.32 Å². The zero-order chi connectivity index (χ0) is 16.4. The van der Waals surface area contributed by atoms with E-state index in [9.17, 15) is 9.59 Å². The van der Waals surface area contributed by atoms with Crippen LogP contribution in [0.3, 0.4) is 0 Å². The van der Waals surface area contributed by atoms with E-state index in [0.717, 1.165) is 30.6 Å². The third kappa shape index (κ3) is 7.22. The molecule has 0 aromatic heterocycles. The number of ether oxygens (including phenoxy) is 1. The van der Waals surface area contributed by atoms with Gasteiger partial charge in [-0.05, 0) is 49.9 Å². The molecule has 0 aliphatic rings. The van der Waals surface area contributed by atoms with Gasteiger partial charge < -0.3 is 15.4 Å². The molecule has 22 heavy (non-hydrogen) atoms. The average Bonchev–Trinajstić information content (AvgIpc) is 2.45. The zero-order valence-corrected chi connectivity index (χ0v) is 13.7. The lowest BCUT2D eigenvalue weighted by atomic mass is 10.1. The maximum atomic E-state index is 11.8. The summed E-state index contributed by atoms with van der Waals surface area (Å²) in [5.41, 5.74) is 2.72. The van der Waals surface area contributed by atoms with Crippen LogP contribution in [0.4, 0.5) is 5.69 Å². The van der Waals surface area contributed by atoms with Gasteiger partial charge in [-0.25, -0.2) is 0 Å². The van der Waals surface area contributed by atoms with E-state index >= 15 is 0 Å². The minimum Gasteiger partial charge on any atom is -0.381 e. The smallest absolute Gasteiger partial charge is 0.313 e. The molecular formula is C17H26N2O3. The lowest BCUT2D eigenvalue weighted by Gasteiger charge is -2.08. The second kappa shape index (κ2) is 9.95. The Labute approximate surface area is 132 Å². The molecule has 0 spiro atoms. The van der Waals surface area contributed by atoms with E-state index in [2.05, 4.69) is 17.6 Å². The molecule has 0 atom stereocenters. The molecule has 5 nitrogen and oxygen atoms in total. The van der Waals surface area contributed by atoms with E-state index in [1.165, 1.54) is 0 Å². The van der Waals surface area contributed by atoms with Gasteiger partial charge in [-0.3, -0.25) is 9.59 Å². The van der Waals surface area contributed by atoms with Gasteiger partial charge in [-0.15, -0.1) is 0 Å². The molecule has 0 saturated heterocycles. The third-order valence-electron chi connectivity index (χ3n) is 3.08. The fourth-order valence-corrected chi connectivity index (χ4v) is 2.04. The Hall–Kier alpha value is -1.88. The van der Waals surface area contributed by atoms with Gasteiger partial charge in [0.2, 0.25) is 0 Å². The number of rotatable bonds is 8. The van der Waals surface area contributed by atoms with Gasteiger partial charge in [0.15, 0.2) is 0 Å². The van der Waals surface area contributed by atoms with Gasteiger partial charge in [0.25, 0.3) is 0 Å². The Bertz CT molecular complexity index is 480. The summed E-state index contributed by atoms with van der Waals surface area (Å²) in [4.78, 5) is 23.5. The quantitative estimate of drug-likeness (QED) is 0.573. The highest BCUT2D eigenvalue weighted by Gasteiger charge is 2.13. The monoisotopic (exact) mass is 306 g/mol. The molecule has 2 amide bonds. The Kier molecular flexibility index (Phi) is 8.22. The van der Waals surface area contributed by atoms with E-state index in [1.54, 1.807) is 0 Å². The van der Waals surface area contributed by atoms with E-state index < -0.39 is 11.8 Å². The van der Waals surface area contributed by atoms with Gasteiger partial charge in [-0.1, -0.05) is 19.4 Å². The first-order valence-electron chi connectivity index (χ1n) is 7.78. The average molecular weight is 306 g/mol. The maximum absolute atomic E-state index is 11.8. The minimum atomic E-state index is -0.642. The summed E-state index contributed by atoms with van der Waals surface area (Å²) in [6.07, 6.45) is 2.85. The van der Waals surface area contributed by atoms with Gasteiger partial charge in [0, 0.05) is 25.4 Å². The van der Waals surface area contributed by atoms with Crippen molar-refractivity contribution in [1.29, 1.82) is 0 Å². The molecule has 122 valence electrons. The molecule has 0 aliphatic carbocycles. The van der Waals surface area contributed by atoms with Crippen molar-refractivity contribution in [2.75, 3.05) is 25.1 Å². The summed E-state index contributed by atoms with van der Waals surface area (Å²) in [5, 5.41) is 5.20. The predicted molar refractivity (Wildman–Crippen MR) is 87.9 cm³/mol. The predicted octanol–water partition coefficient (Wildman–Crippen LogP) is 2.56. The molecule has 1 aromatic carbocycles. The van der Waals surface area contributed by atoms with Gasteiger partial charge in [-0.2, -0.15) is 0 Å². The summed E-state index contributed by atoms with van der Waals surface area (Å²) in [6.45, 7) is 7.78. The highest BCUT2D eigenvalue weighted by atomic mass is 16.5. The standard InChI is InChI=1S/C17H26N2O3/c1-4-5-8-22-9-6-7-18-16(20)17(21)19-15-11-13(2)10-14(3)12-15/h10-12H,4-9H2,1-3H3,(H,18,20)(H,19,21). The normalized spacial score (nSPS) is 10.3. The van der Waals surface area contributed by atoms with Crippen LogP contribution in [0, 0.1) is 13.8 Å². The molecule has 1 aromatic rings. The molecule has 2 N–H and O–H groups in total. The molecule has 0 aliphatic heterocycles. The number of amides is 2. The molecule has 0 bridgehead atoms. The number of anilines is 1. The van der Waals surface area contributed by atoms with E-state index in [-0.39, 0.29) is 0 Å². The van der Waals surface area contributed by atoms with Crippen LogP contribution in [0.25, 0.3) is 0 Å². The Balaban J connectivity index is 2.26. The van der Waals surface area contributed by atoms with Crippen molar-refractivity contribution in [3.8, 4) is 0 Å². The van der Waals surface area contributed by atoms with E-state index in [4.69, 9.17) is 4.74 Å². The lowest BCUT2D eigenvalue weighted by molar-refractivity contribution is -0.136. The second-order valence-corrected chi connectivity index (χ2v) is 5.41. The van der Waals surface area contributed by atoms with Gasteiger partial charge in [0.1, 0.15) is 0 Å². The fraction of sp³-hybridized carbons (Fsp3) is 0.529. The van der Waals surface area contributed by atoms with Crippen LogP contribution in [-0.4, -0.2) is 31.6 Å². The highest BCUT2D eigenvalue weighted by molar-refractivity contribution is 6.39. The van der Waals surface area contributed by atoms with Crippen LogP contribution in [0.15, 0.2) is 18.2 Å². The number of nitrogens with one attached hydrogen (secondary N) is 2. The van der Waals surface area contributed by atoms with Crippen LogP contribution < -0.4 is 10.6 Å². The first-order chi connectivity index (χ1) is 10.5. The van der Waals surface area contributed by atoms with Crippen molar-refractivity contribution >= 4 is 17.5 Å². The number of unbranched alkanes of at least 4 members (excludes halogenated alkanes) is 1. The molecule has 0 fully saturated rings. The second-order valence-electron chi connectivity index (χ2n) is 5.41. The topological polar surface area (TPSA) is 67.4 Å². The molecule has 5 heteroatoms. The number of carbonyl (C=O) groups excluding carboxylic acids is 2.